The summed E-state index contributed by atoms with van der Waals surface area (Å²) in [5, 5.41) is 4.01. The largest absolute Gasteiger partial charge is 0.342 e. The van der Waals surface area contributed by atoms with Gasteiger partial charge in [0.2, 0.25) is 0 Å². The molecule has 3 atom stereocenters. The monoisotopic (exact) mass is 239 g/mol. The number of fused-ring (bicyclic) bond motifs is 1. The highest BCUT2D eigenvalue weighted by Gasteiger charge is 2.38. The van der Waals surface area contributed by atoms with Gasteiger partial charge >= 0.3 is 0 Å². The molecular weight excluding hydrogens is 226 g/mol. The molecule has 16 heavy (non-hydrogen) atoms. The molecule has 1 N–H and O–H groups in total. The fraction of sp³-hybridized carbons (Fsp3) is 0.500. The highest BCUT2D eigenvalue weighted by atomic mass is 35.5. The molecule has 1 aromatic carbocycles. The van der Waals surface area contributed by atoms with Crippen molar-refractivity contribution >= 4 is 11.6 Å². The van der Waals surface area contributed by atoms with Crippen molar-refractivity contribution in [2.24, 2.45) is 0 Å². The molecule has 0 bridgehead atoms. The maximum Gasteiger partial charge on any atom is 0.186 e. The average Bonchev–Trinajstić information content (AvgIpc) is 2.73. The molecule has 0 aliphatic carbocycles. The van der Waals surface area contributed by atoms with Crippen molar-refractivity contribution in [1.29, 1.82) is 0 Å². The molecule has 2 fully saturated rings. The van der Waals surface area contributed by atoms with E-state index in [1.54, 1.807) is 0 Å². The maximum atomic E-state index is 6.13. The second-order valence-corrected chi connectivity index (χ2v) is 4.60. The number of piperidine rings is 1. The van der Waals surface area contributed by atoms with E-state index in [-0.39, 0.29) is 18.5 Å². The molecule has 3 nitrogen and oxygen atoms in total. The number of benzene rings is 1. The Bertz CT molecular complexity index is 371. The van der Waals surface area contributed by atoms with E-state index in [0.717, 1.165) is 25.1 Å². The molecular formula is C12H14ClNO2. The van der Waals surface area contributed by atoms with Crippen LogP contribution in [0.3, 0.4) is 0 Å². The maximum absolute atomic E-state index is 6.13. The van der Waals surface area contributed by atoms with Crippen LogP contribution < -0.4 is 5.32 Å². The number of hydrogen-bond acceptors (Lipinski definition) is 3. The van der Waals surface area contributed by atoms with Gasteiger partial charge in [0.05, 0.1) is 12.2 Å². The number of nitrogens with one attached hydrogen (secondary N) is 1. The van der Waals surface area contributed by atoms with Crippen LogP contribution in [-0.4, -0.2) is 25.3 Å². The van der Waals surface area contributed by atoms with Gasteiger partial charge in [-0.15, -0.1) is 0 Å². The van der Waals surface area contributed by atoms with Crippen molar-refractivity contribution in [1.82, 2.24) is 5.32 Å². The van der Waals surface area contributed by atoms with Crippen molar-refractivity contribution in [2.75, 3.05) is 13.1 Å². The summed E-state index contributed by atoms with van der Waals surface area (Å²) in [5.41, 5.74) is 0.929. The molecule has 0 saturated carbocycles. The third-order valence-electron chi connectivity index (χ3n) is 3.12. The van der Waals surface area contributed by atoms with Gasteiger partial charge in [0, 0.05) is 17.1 Å². The van der Waals surface area contributed by atoms with Crippen LogP contribution in [0.4, 0.5) is 0 Å². The Balaban J connectivity index is 1.80. The Kier molecular flexibility index (Phi) is 2.86. The van der Waals surface area contributed by atoms with E-state index in [1.165, 1.54) is 0 Å². The summed E-state index contributed by atoms with van der Waals surface area (Å²) in [7, 11) is 0. The van der Waals surface area contributed by atoms with E-state index in [2.05, 4.69) is 5.32 Å². The lowest BCUT2D eigenvalue weighted by Crippen LogP contribution is -2.41. The Labute approximate surface area is 99.7 Å². The number of halogens is 1. The van der Waals surface area contributed by atoms with E-state index in [0.29, 0.717) is 5.02 Å². The molecule has 0 radical (unpaired) electrons. The van der Waals surface area contributed by atoms with Gasteiger partial charge in [0.1, 0.15) is 0 Å². The highest BCUT2D eigenvalue weighted by Crippen LogP contribution is 2.36. The first kappa shape index (κ1) is 10.5. The topological polar surface area (TPSA) is 30.5 Å². The zero-order chi connectivity index (χ0) is 11.0. The Hall–Kier alpha value is -0.610. The lowest BCUT2D eigenvalue weighted by atomic mass is 10.1. The summed E-state index contributed by atoms with van der Waals surface area (Å²) < 4.78 is 11.7. The molecule has 3 rings (SSSR count). The third-order valence-corrected chi connectivity index (χ3v) is 3.47. The number of hydrogen-bond donors (Lipinski definition) is 1. The van der Waals surface area contributed by atoms with Crippen molar-refractivity contribution in [3.8, 4) is 0 Å². The lowest BCUT2D eigenvalue weighted by Gasteiger charge is -2.22. The van der Waals surface area contributed by atoms with Crippen LogP contribution in [0.2, 0.25) is 5.02 Å². The van der Waals surface area contributed by atoms with E-state index in [4.69, 9.17) is 21.1 Å². The summed E-state index contributed by atoms with van der Waals surface area (Å²) in [5.74, 6) is 0. The van der Waals surface area contributed by atoms with Gasteiger partial charge in [-0.05, 0) is 19.0 Å². The predicted octanol–water partition coefficient (Wildman–Crippen LogP) is 2.12. The van der Waals surface area contributed by atoms with Gasteiger partial charge in [0.25, 0.3) is 0 Å². The lowest BCUT2D eigenvalue weighted by molar-refractivity contribution is -0.0667. The van der Waals surface area contributed by atoms with E-state index in [9.17, 15) is 0 Å². The van der Waals surface area contributed by atoms with Crippen LogP contribution in [0, 0.1) is 0 Å². The van der Waals surface area contributed by atoms with Crippen molar-refractivity contribution < 1.29 is 9.47 Å². The van der Waals surface area contributed by atoms with Crippen LogP contribution in [0.1, 0.15) is 18.3 Å². The molecule has 2 aliphatic rings. The van der Waals surface area contributed by atoms with Gasteiger partial charge in [-0.3, -0.25) is 0 Å². The van der Waals surface area contributed by atoms with Gasteiger partial charge in [0.15, 0.2) is 6.29 Å². The van der Waals surface area contributed by atoms with Crippen LogP contribution in [0.15, 0.2) is 24.3 Å². The minimum absolute atomic E-state index is 0.162. The Morgan fingerprint density at radius 1 is 1.19 bits per heavy atom. The first-order chi connectivity index (χ1) is 7.84. The van der Waals surface area contributed by atoms with Crippen LogP contribution >= 0.6 is 11.6 Å². The highest BCUT2D eigenvalue weighted by molar-refractivity contribution is 6.31. The van der Waals surface area contributed by atoms with Crippen LogP contribution in [-0.2, 0) is 9.47 Å². The fourth-order valence-electron chi connectivity index (χ4n) is 2.26. The van der Waals surface area contributed by atoms with Crippen molar-refractivity contribution in [2.45, 2.75) is 24.9 Å². The smallest absolute Gasteiger partial charge is 0.186 e. The fourth-order valence-corrected chi connectivity index (χ4v) is 2.48. The average molecular weight is 240 g/mol. The molecule has 1 aromatic rings. The predicted molar refractivity (Wildman–Crippen MR) is 61.4 cm³/mol. The van der Waals surface area contributed by atoms with E-state index < -0.39 is 0 Å². The zero-order valence-corrected chi connectivity index (χ0v) is 9.61. The van der Waals surface area contributed by atoms with Crippen molar-refractivity contribution in [3.63, 3.8) is 0 Å². The van der Waals surface area contributed by atoms with E-state index in [1.807, 2.05) is 24.3 Å². The van der Waals surface area contributed by atoms with Crippen LogP contribution in [0.5, 0.6) is 0 Å². The second kappa shape index (κ2) is 4.34. The molecule has 3 unspecified atom stereocenters. The molecule has 0 spiro atoms. The molecule has 86 valence electrons. The van der Waals surface area contributed by atoms with Gasteiger partial charge in [-0.25, -0.2) is 0 Å². The zero-order valence-electron chi connectivity index (χ0n) is 8.86. The standard InChI is InChI=1S/C12H14ClNO2/c13-9-4-2-1-3-8(9)12-15-10-5-6-14-7-11(10)16-12/h1-4,10-12,14H,5-7H2. The molecule has 2 saturated heterocycles. The second-order valence-electron chi connectivity index (χ2n) is 4.20. The normalized spacial score (nSPS) is 33.7. The number of ether oxygens (including phenoxy) is 2. The Morgan fingerprint density at radius 3 is 2.81 bits per heavy atom. The first-order valence-electron chi connectivity index (χ1n) is 5.60. The minimum Gasteiger partial charge on any atom is -0.342 e. The molecule has 4 heteroatoms. The number of rotatable bonds is 1. The van der Waals surface area contributed by atoms with Gasteiger partial charge in [-0.2, -0.15) is 0 Å². The molecule has 0 amide bonds. The third kappa shape index (κ3) is 1.84. The summed E-state index contributed by atoms with van der Waals surface area (Å²) in [4.78, 5) is 0. The SMILES string of the molecule is Clc1ccccc1C1OC2CCNCC2O1. The first-order valence-corrected chi connectivity index (χ1v) is 5.98. The summed E-state index contributed by atoms with van der Waals surface area (Å²) in [6.45, 7) is 1.87. The van der Waals surface area contributed by atoms with Gasteiger partial charge < -0.3 is 14.8 Å². The minimum atomic E-state index is -0.302. The molecule has 0 aromatic heterocycles. The Morgan fingerprint density at radius 2 is 2.00 bits per heavy atom. The summed E-state index contributed by atoms with van der Waals surface area (Å²) >= 11 is 6.13. The van der Waals surface area contributed by atoms with E-state index >= 15 is 0 Å². The van der Waals surface area contributed by atoms with Gasteiger partial charge in [-0.1, -0.05) is 29.8 Å². The van der Waals surface area contributed by atoms with Crippen LogP contribution in [0.25, 0.3) is 0 Å². The summed E-state index contributed by atoms with van der Waals surface area (Å²) in [6.07, 6.45) is 1.08. The summed E-state index contributed by atoms with van der Waals surface area (Å²) in [6, 6.07) is 7.69. The molecule has 2 heterocycles. The quantitative estimate of drug-likeness (QED) is 0.814. The molecule has 2 aliphatic heterocycles. The van der Waals surface area contributed by atoms with Crippen molar-refractivity contribution in [3.05, 3.63) is 34.9 Å².